The highest BCUT2D eigenvalue weighted by Gasteiger charge is 2.14. The van der Waals surface area contributed by atoms with Crippen LogP contribution in [0.3, 0.4) is 0 Å². The summed E-state index contributed by atoms with van der Waals surface area (Å²) in [7, 11) is 1.60. The third kappa shape index (κ3) is 3.29. The lowest BCUT2D eigenvalue weighted by atomic mass is 10.0. The number of allylic oxidation sites excluding steroid dienone is 1. The van der Waals surface area contributed by atoms with Crippen LogP contribution in [0.15, 0.2) is 36.5 Å². The van der Waals surface area contributed by atoms with E-state index in [2.05, 4.69) is 30.8 Å². The second-order valence-corrected chi connectivity index (χ2v) is 4.92. The Morgan fingerprint density at radius 1 is 1.33 bits per heavy atom. The van der Waals surface area contributed by atoms with Crippen molar-refractivity contribution in [1.82, 2.24) is 30.8 Å². The maximum absolute atomic E-state index is 11.9. The first-order chi connectivity index (χ1) is 11.7. The third-order valence-electron chi connectivity index (χ3n) is 3.36. The van der Waals surface area contributed by atoms with Crippen molar-refractivity contribution in [2.75, 3.05) is 7.11 Å². The highest BCUT2D eigenvalue weighted by atomic mass is 16.5. The lowest BCUT2D eigenvalue weighted by Crippen LogP contribution is -2.01. The molecular formula is C15H14N6O3. The largest absolute Gasteiger partial charge is 0.506 e. The van der Waals surface area contributed by atoms with Gasteiger partial charge in [-0.2, -0.15) is 10.3 Å². The second-order valence-electron chi connectivity index (χ2n) is 4.92. The number of aliphatic hydroxyl groups excluding tert-OH is 1. The van der Waals surface area contributed by atoms with E-state index < -0.39 is 5.78 Å². The second kappa shape index (κ2) is 6.73. The Morgan fingerprint density at radius 2 is 2.12 bits per heavy atom. The number of benzene rings is 1. The number of nitrogens with one attached hydrogen (secondary N) is 2. The molecule has 0 fully saturated rings. The smallest absolute Gasteiger partial charge is 0.244 e. The van der Waals surface area contributed by atoms with Crippen LogP contribution in [0.25, 0.3) is 5.76 Å². The normalized spacial score (nSPS) is 11.5. The van der Waals surface area contributed by atoms with Crippen LogP contribution in [-0.4, -0.2) is 48.8 Å². The Labute approximate surface area is 136 Å². The number of nitrogens with zero attached hydrogens (tertiary/aromatic N) is 4. The number of hydrogen-bond acceptors (Lipinski definition) is 7. The first-order valence-electron chi connectivity index (χ1n) is 7.01. The molecule has 0 aliphatic carbocycles. The van der Waals surface area contributed by atoms with Gasteiger partial charge in [0.1, 0.15) is 17.2 Å². The molecule has 0 spiro atoms. The Bertz CT molecular complexity index is 852. The van der Waals surface area contributed by atoms with Crippen LogP contribution in [0.1, 0.15) is 27.4 Å². The monoisotopic (exact) mass is 326 g/mol. The standard InChI is InChI=1S/C15H14N6O3/c1-24-11-4-2-9(3-5-11)6-10-8-16-17-14(10)12(22)7-13(23)15-18-20-21-19-15/h2-5,7-8,22H,6H2,1H3,(H,16,17)(H,18,19,20,21). The first-order valence-corrected chi connectivity index (χ1v) is 7.01. The number of ether oxygens (including phenoxy) is 1. The molecule has 0 aliphatic heterocycles. The minimum absolute atomic E-state index is 0.127. The van der Waals surface area contributed by atoms with Crippen molar-refractivity contribution >= 4 is 11.5 Å². The zero-order valence-corrected chi connectivity index (χ0v) is 12.7. The van der Waals surface area contributed by atoms with Gasteiger partial charge in [0.15, 0.2) is 0 Å². The molecule has 9 nitrogen and oxygen atoms in total. The maximum Gasteiger partial charge on any atom is 0.244 e. The molecule has 0 bridgehead atoms. The highest BCUT2D eigenvalue weighted by molar-refractivity contribution is 6.05. The van der Waals surface area contributed by atoms with E-state index in [9.17, 15) is 9.90 Å². The number of H-pyrrole nitrogens is 2. The predicted molar refractivity (Wildman–Crippen MR) is 83.5 cm³/mol. The zero-order chi connectivity index (χ0) is 16.9. The van der Waals surface area contributed by atoms with Gasteiger partial charge in [0.25, 0.3) is 0 Å². The van der Waals surface area contributed by atoms with E-state index in [1.165, 1.54) is 0 Å². The molecule has 122 valence electrons. The van der Waals surface area contributed by atoms with E-state index in [0.29, 0.717) is 12.1 Å². The van der Waals surface area contributed by atoms with E-state index >= 15 is 0 Å². The summed E-state index contributed by atoms with van der Waals surface area (Å²) in [6.45, 7) is 0. The van der Waals surface area contributed by atoms with Gasteiger partial charge in [0.05, 0.1) is 13.3 Å². The van der Waals surface area contributed by atoms with Crippen molar-refractivity contribution in [2.45, 2.75) is 6.42 Å². The molecule has 3 rings (SSSR count). The summed E-state index contributed by atoms with van der Waals surface area (Å²) in [5.41, 5.74) is 2.12. The Balaban J connectivity index is 1.80. The Hall–Kier alpha value is -3.49. The SMILES string of the molecule is COc1ccc(Cc2cn[nH]c2C(O)=CC(=O)c2nn[nH]n2)cc1. The summed E-state index contributed by atoms with van der Waals surface area (Å²) in [5, 5.41) is 29.4. The van der Waals surface area contributed by atoms with E-state index in [-0.39, 0.29) is 11.6 Å². The fraction of sp³-hybridized carbons (Fsp3) is 0.133. The van der Waals surface area contributed by atoms with E-state index in [0.717, 1.165) is 23.0 Å². The van der Waals surface area contributed by atoms with Crippen molar-refractivity contribution in [3.8, 4) is 5.75 Å². The van der Waals surface area contributed by atoms with E-state index in [1.807, 2.05) is 24.3 Å². The number of hydrogen-bond donors (Lipinski definition) is 3. The first kappa shape index (κ1) is 15.4. The molecule has 3 aromatic rings. The molecule has 9 heteroatoms. The summed E-state index contributed by atoms with van der Waals surface area (Å²) in [5.74, 6) is -0.172. The number of methoxy groups -OCH3 is 1. The average molecular weight is 326 g/mol. The van der Waals surface area contributed by atoms with Gasteiger partial charge in [-0.25, -0.2) is 0 Å². The lowest BCUT2D eigenvalue weighted by Gasteiger charge is -2.04. The molecule has 2 heterocycles. The van der Waals surface area contributed by atoms with Crippen LogP contribution in [0.4, 0.5) is 0 Å². The van der Waals surface area contributed by atoms with Crippen molar-refractivity contribution < 1.29 is 14.6 Å². The van der Waals surface area contributed by atoms with Crippen LogP contribution >= 0.6 is 0 Å². The summed E-state index contributed by atoms with van der Waals surface area (Å²) in [6.07, 6.45) is 3.16. The summed E-state index contributed by atoms with van der Waals surface area (Å²) >= 11 is 0. The molecule has 0 aliphatic rings. The van der Waals surface area contributed by atoms with E-state index in [1.54, 1.807) is 13.3 Å². The van der Waals surface area contributed by atoms with Crippen molar-refractivity contribution in [1.29, 1.82) is 0 Å². The van der Waals surface area contributed by atoms with Crippen LogP contribution in [0.5, 0.6) is 5.75 Å². The molecule has 0 radical (unpaired) electrons. The van der Waals surface area contributed by atoms with Crippen molar-refractivity contribution in [2.24, 2.45) is 0 Å². The van der Waals surface area contributed by atoms with Crippen molar-refractivity contribution in [3.63, 3.8) is 0 Å². The number of carbonyl (C=O) groups is 1. The lowest BCUT2D eigenvalue weighted by molar-refractivity contribution is 0.103. The number of aromatic nitrogens is 6. The fourth-order valence-electron chi connectivity index (χ4n) is 2.16. The van der Waals surface area contributed by atoms with Gasteiger partial charge in [-0.15, -0.1) is 10.2 Å². The molecule has 24 heavy (non-hydrogen) atoms. The van der Waals surface area contributed by atoms with Gasteiger partial charge in [-0.1, -0.05) is 12.1 Å². The minimum Gasteiger partial charge on any atom is -0.506 e. The van der Waals surface area contributed by atoms with Gasteiger partial charge >= 0.3 is 0 Å². The molecule has 0 saturated carbocycles. The van der Waals surface area contributed by atoms with Gasteiger partial charge in [-0.3, -0.25) is 9.89 Å². The summed E-state index contributed by atoms with van der Waals surface area (Å²) in [6, 6.07) is 7.54. The molecule has 0 atom stereocenters. The molecule has 2 aromatic heterocycles. The number of ketones is 1. The summed E-state index contributed by atoms with van der Waals surface area (Å²) < 4.78 is 5.12. The topological polar surface area (TPSA) is 130 Å². The van der Waals surface area contributed by atoms with Crippen LogP contribution in [0.2, 0.25) is 0 Å². The van der Waals surface area contributed by atoms with Gasteiger partial charge in [0.2, 0.25) is 11.6 Å². The van der Waals surface area contributed by atoms with Crippen LogP contribution in [0, 0.1) is 0 Å². The van der Waals surface area contributed by atoms with Crippen molar-refractivity contribution in [3.05, 3.63) is 59.2 Å². The quantitative estimate of drug-likeness (QED) is 0.353. The molecule has 1 aromatic carbocycles. The number of aromatic amines is 2. The van der Waals surface area contributed by atoms with Gasteiger partial charge in [-0.05, 0) is 22.9 Å². The molecule has 0 amide bonds. The zero-order valence-electron chi connectivity index (χ0n) is 12.7. The van der Waals surface area contributed by atoms with E-state index in [4.69, 9.17) is 4.74 Å². The van der Waals surface area contributed by atoms with Crippen LogP contribution in [-0.2, 0) is 6.42 Å². The fourth-order valence-corrected chi connectivity index (χ4v) is 2.16. The highest BCUT2D eigenvalue weighted by Crippen LogP contribution is 2.20. The maximum atomic E-state index is 11.9. The molecule has 0 unspecified atom stereocenters. The van der Waals surface area contributed by atoms with Gasteiger partial charge in [0, 0.05) is 18.1 Å². The molecular weight excluding hydrogens is 312 g/mol. The molecule has 3 N–H and O–H groups in total. The summed E-state index contributed by atoms with van der Waals surface area (Å²) in [4.78, 5) is 11.9. The number of carbonyl (C=O) groups excluding carboxylic acids is 1. The number of aliphatic hydroxyl groups is 1. The number of rotatable bonds is 6. The Kier molecular flexibility index (Phi) is 4.32. The Morgan fingerprint density at radius 3 is 2.79 bits per heavy atom. The third-order valence-corrected chi connectivity index (χ3v) is 3.36. The molecule has 0 saturated heterocycles. The average Bonchev–Trinajstić information content (AvgIpc) is 3.27. The van der Waals surface area contributed by atoms with Crippen LogP contribution < -0.4 is 4.74 Å². The van der Waals surface area contributed by atoms with Gasteiger partial charge < -0.3 is 9.84 Å². The number of tetrazole rings is 1. The predicted octanol–water partition coefficient (Wildman–Crippen LogP) is 1.30. The minimum atomic E-state index is -0.564.